The van der Waals surface area contributed by atoms with Crippen LogP contribution in [0.4, 0.5) is 5.69 Å². The van der Waals surface area contributed by atoms with E-state index in [1.54, 1.807) is 0 Å². The molecule has 0 bridgehead atoms. The highest BCUT2D eigenvalue weighted by Gasteiger charge is 1.95. The molecule has 0 unspecified atom stereocenters. The summed E-state index contributed by atoms with van der Waals surface area (Å²) in [4.78, 5) is 0. The van der Waals surface area contributed by atoms with E-state index < -0.39 is 0 Å². The van der Waals surface area contributed by atoms with E-state index in [4.69, 9.17) is 4.74 Å². The van der Waals surface area contributed by atoms with E-state index in [1.165, 1.54) is 11.1 Å². The number of nitrogens with one attached hydrogen (secondary N) is 1. The highest BCUT2D eigenvalue weighted by Crippen LogP contribution is 2.14. The lowest BCUT2D eigenvalue weighted by Gasteiger charge is -2.05. The first-order chi connectivity index (χ1) is 10.7. The molecule has 0 spiro atoms. The van der Waals surface area contributed by atoms with Crippen LogP contribution in [0.25, 0.3) is 0 Å². The number of ether oxygens (including phenoxy) is 1. The van der Waals surface area contributed by atoms with Crippen molar-refractivity contribution in [3.63, 3.8) is 0 Å². The van der Waals surface area contributed by atoms with Crippen molar-refractivity contribution in [3.8, 4) is 5.75 Å². The van der Waals surface area contributed by atoms with E-state index in [2.05, 4.69) is 43.4 Å². The third-order valence-electron chi connectivity index (χ3n) is 3.56. The summed E-state index contributed by atoms with van der Waals surface area (Å²) in [6.07, 6.45) is 4.04. The molecule has 0 saturated heterocycles. The highest BCUT2D eigenvalue weighted by atomic mass is 16.5. The van der Waals surface area contributed by atoms with E-state index in [0.29, 0.717) is 0 Å². The molecule has 1 N–H and O–H groups in total. The van der Waals surface area contributed by atoms with Crippen LogP contribution in [0.1, 0.15) is 36.5 Å². The maximum absolute atomic E-state index is 5.64. The Morgan fingerprint density at radius 2 is 1.82 bits per heavy atom. The Balaban J connectivity index is 1.88. The molecule has 0 atom stereocenters. The van der Waals surface area contributed by atoms with Crippen LogP contribution in [-0.2, 0) is 0 Å². The molecule has 22 heavy (non-hydrogen) atoms. The zero-order chi connectivity index (χ0) is 15.8. The van der Waals surface area contributed by atoms with Crippen molar-refractivity contribution in [1.29, 1.82) is 0 Å². The van der Waals surface area contributed by atoms with Crippen molar-refractivity contribution < 1.29 is 4.74 Å². The number of hydrazone groups is 1. The highest BCUT2D eigenvalue weighted by molar-refractivity contribution is 5.80. The summed E-state index contributed by atoms with van der Waals surface area (Å²) >= 11 is 0. The van der Waals surface area contributed by atoms with Gasteiger partial charge in [-0.2, -0.15) is 5.10 Å². The molecule has 3 nitrogen and oxygen atoms in total. The van der Waals surface area contributed by atoms with Crippen LogP contribution in [0.15, 0.2) is 47.6 Å². The zero-order valence-corrected chi connectivity index (χ0v) is 13.6. The van der Waals surface area contributed by atoms with Crippen LogP contribution in [0.3, 0.4) is 0 Å². The molecule has 0 aromatic heterocycles. The van der Waals surface area contributed by atoms with Crippen molar-refractivity contribution in [2.75, 3.05) is 12.0 Å². The SMILES string of the molecule is CCCCOc1ccc(/C=N/Nc2ccc(C)c(C)c2)cc1. The van der Waals surface area contributed by atoms with Gasteiger partial charge in [-0.15, -0.1) is 0 Å². The second kappa shape index (κ2) is 8.23. The lowest BCUT2D eigenvalue weighted by molar-refractivity contribution is 0.309. The normalized spacial score (nSPS) is 10.9. The van der Waals surface area contributed by atoms with Gasteiger partial charge in [0.2, 0.25) is 0 Å². The van der Waals surface area contributed by atoms with Gasteiger partial charge < -0.3 is 4.74 Å². The van der Waals surface area contributed by atoms with E-state index in [1.807, 2.05) is 36.5 Å². The number of aryl methyl sites for hydroxylation is 2. The smallest absolute Gasteiger partial charge is 0.119 e. The molecular formula is C19H24N2O. The van der Waals surface area contributed by atoms with Crippen LogP contribution in [0.2, 0.25) is 0 Å². The lowest BCUT2D eigenvalue weighted by atomic mass is 10.1. The first kappa shape index (κ1) is 16.1. The van der Waals surface area contributed by atoms with Gasteiger partial charge in [-0.05, 0) is 73.4 Å². The first-order valence-corrected chi connectivity index (χ1v) is 7.78. The standard InChI is InChI=1S/C19H24N2O/c1-4-5-12-22-19-10-7-17(8-11-19)14-20-21-18-9-6-15(2)16(3)13-18/h6-11,13-14,21H,4-5,12H2,1-3H3/b20-14+. The second-order valence-corrected chi connectivity index (χ2v) is 5.44. The second-order valence-electron chi connectivity index (χ2n) is 5.44. The Labute approximate surface area is 133 Å². The van der Waals surface area contributed by atoms with E-state index in [-0.39, 0.29) is 0 Å². The summed E-state index contributed by atoms with van der Waals surface area (Å²) in [5.41, 5.74) is 7.64. The summed E-state index contributed by atoms with van der Waals surface area (Å²) < 4.78 is 5.64. The molecule has 0 aliphatic carbocycles. The minimum Gasteiger partial charge on any atom is -0.494 e. The van der Waals surface area contributed by atoms with E-state index >= 15 is 0 Å². The summed E-state index contributed by atoms with van der Waals surface area (Å²) in [5.74, 6) is 0.910. The van der Waals surface area contributed by atoms with Gasteiger partial charge in [0.1, 0.15) is 5.75 Å². The number of anilines is 1. The van der Waals surface area contributed by atoms with Crippen molar-refractivity contribution in [2.24, 2.45) is 5.10 Å². The molecule has 0 fully saturated rings. The Morgan fingerprint density at radius 1 is 1.05 bits per heavy atom. The number of benzene rings is 2. The van der Waals surface area contributed by atoms with Gasteiger partial charge >= 0.3 is 0 Å². The van der Waals surface area contributed by atoms with Gasteiger partial charge in [-0.1, -0.05) is 19.4 Å². The molecule has 0 aliphatic rings. The predicted octanol–water partition coefficient (Wildman–Crippen LogP) is 4.93. The summed E-state index contributed by atoms with van der Waals surface area (Å²) in [6.45, 7) is 7.14. The van der Waals surface area contributed by atoms with E-state index in [9.17, 15) is 0 Å². The van der Waals surface area contributed by atoms with Gasteiger partial charge in [0.25, 0.3) is 0 Å². The topological polar surface area (TPSA) is 33.6 Å². The van der Waals surface area contributed by atoms with Crippen LogP contribution >= 0.6 is 0 Å². The average Bonchev–Trinajstić information content (AvgIpc) is 2.53. The van der Waals surface area contributed by atoms with Gasteiger partial charge in [0, 0.05) is 0 Å². The number of hydrogen-bond donors (Lipinski definition) is 1. The van der Waals surface area contributed by atoms with E-state index in [0.717, 1.165) is 36.4 Å². The Kier molecular flexibility index (Phi) is 6.01. The minimum atomic E-state index is 0.776. The maximum Gasteiger partial charge on any atom is 0.119 e. The van der Waals surface area contributed by atoms with Crippen LogP contribution in [0, 0.1) is 13.8 Å². The molecule has 116 valence electrons. The van der Waals surface area contributed by atoms with Gasteiger partial charge in [-0.25, -0.2) is 0 Å². The number of nitrogens with zero attached hydrogens (tertiary/aromatic N) is 1. The van der Waals surface area contributed by atoms with Crippen molar-refractivity contribution in [1.82, 2.24) is 0 Å². The molecule has 0 saturated carbocycles. The molecule has 2 aromatic carbocycles. The molecule has 0 amide bonds. The lowest BCUT2D eigenvalue weighted by Crippen LogP contribution is -1.96. The fourth-order valence-corrected chi connectivity index (χ4v) is 1.98. The Morgan fingerprint density at radius 3 is 2.50 bits per heavy atom. The molecule has 0 heterocycles. The molecule has 3 heteroatoms. The molecule has 2 aromatic rings. The largest absolute Gasteiger partial charge is 0.494 e. The Bertz CT molecular complexity index is 618. The van der Waals surface area contributed by atoms with Gasteiger partial charge in [0.15, 0.2) is 0 Å². The van der Waals surface area contributed by atoms with Crippen molar-refractivity contribution >= 4 is 11.9 Å². The average molecular weight is 296 g/mol. The fraction of sp³-hybridized carbons (Fsp3) is 0.316. The third-order valence-corrected chi connectivity index (χ3v) is 3.56. The van der Waals surface area contributed by atoms with Crippen LogP contribution in [0.5, 0.6) is 5.75 Å². The molecule has 2 rings (SSSR count). The summed E-state index contributed by atoms with van der Waals surface area (Å²) in [5, 5.41) is 4.27. The minimum absolute atomic E-state index is 0.776. The Hall–Kier alpha value is -2.29. The number of hydrogen-bond acceptors (Lipinski definition) is 3. The quantitative estimate of drug-likeness (QED) is 0.446. The first-order valence-electron chi connectivity index (χ1n) is 7.78. The summed E-state index contributed by atoms with van der Waals surface area (Å²) in [7, 11) is 0. The van der Waals surface area contributed by atoms with Crippen molar-refractivity contribution in [2.45, 2.75) is 33.6 Å². The van der Waals surface area contributed by atoms with Crippen LogP contribution < -0.4 is 10.2 Å². The number of rotatable bonds is 7. The fourth-order valence-electron chi connectivity index (χ4n) is 1.98. The summed E-state index contributed by atoms with van der Waals surface area (Å²) in [6, 6.07) is 14.2. The third kappa shape index (κ3) is 4.92. The van der Waals surface area contributed by atoms with Crippen LogP contribution in [-0.4, -0.2) is 12.8 Å². The molecular weight excluding hydrogens is 272 g/mol. The molecule has 0 aliphatic heterocycles. The predicted molar refractivity (Wildman–Crippen MR) is 94.0 cm³/mol. The zero-order valence-electron chi connectivity index (χ0n) is 13.6. The number of unbranched alkanes of at least 4 members (excludes halogenated alkanes) is 1. The molecule has 0 radical (unpaired) electrons. The van der Waals surface area contributed by atoms with Gasteiger partial charge in [0.05, 0.1) is 18.5 Å². The monoisotopic (exact) mass is 296 g/mol. The van der Waals surface area contributed by atoms with Crippen molar-refractivity contribution in [3.05, 3.63) is 59.2 Å². The maximum atomic E-state index is 5.64. The van der Waals surface area contributed by atoms with Gasteiger partial charge in [-0.3, -0.25) is 5.43 Å².